The van der Waals surface area contributed by atoms with Crippen molar-refractivity contribution in [1.29, 1.82) is 0 Å². The van der Waals surface area contributed by atoms with Gasteiger partial charge in [-0.1, -0.05) is 33.6 Å². The molecule has 0 radical (unpaired) electrons. The fourth-order valence-corrected chi connectivity index (χ4v) is 2.90. The minimum Gasteiger partial charge on any atom is -0.382 e. The molecule has 3 atom stereocenters. The standard InChI is InChI=1S/C17H26N2O/c1-4-17(20)19-15-10-8-14(9-11-15)18-16-7-5-6-12(2)13(16)3/h8-13,16,18H,4-7H2,1-3H3,(H,19,20). The molecule has 110 valence electrons. The first-order chi connectivity index (χ1) is 9.60. The van der Waals surface area contributed by atoms with Crippen LogP contribution < -0.4 is 10.6 Å². The van der Waals surface area contributed by atoms with E-state index in [9.17, 15) is 4.79 Å². The summed E-state index contributed by atoms with van der Waals surface area (Å²) in [5.41, 5.74) is 2.01. The van der Waals surface area contributed by atoms with Crippen LogP contribution in [0.2, 0.25) is 0 Å². The minimum atomic E-state index is 0.0560. The summed E-state index contributed by atoms with van der Waals surface area (Å²) in [6.45, 7) is 6.55. The van der Waals surface area contributed by atoms with Gasteiger partial charge < -0.3 is 10.6 Å². The Hall–Kier alpha value is -1.51. The van der Waals surface area contributed by atoms with E-state index in [2.05, 4.69) is 36.6 Å². The van der Waals surface area contributed by atoms with E-state index in [1.54, 1.807) is 0 Å². The molecule has 1 aliphatic rings. The fraction of sp³-hybridized carbons (Fsp3) is 0.588. The average Bonchev–Trinajstić information content (AvgIpc) is 2.46. The van der Waals surface area contributed by atoms with E-state index in [0.717, 1.165) is 17.3 Å². The summed E-state index contributed by atoms with van der Waals surface area (Å²) in [5.74, 6) is 1.56. The first-order valence-corrected chi connectivity index (χ1v) is 7.76. The minimum absolute atomic E-state index is 0.0560. The van der Waals surface area contributed by atoms with Gasteiger partial charge in [0.2, 0.25) is 5.91 Å². The number of benzene rings is 1. The number of carbonyl (C=O) groups is 1. The van der Waals surface area contributed by atoms with Gasteiger partial charge >= 0.3 is 0 Å². The van der Waals surface area contributed by atoms with Gasteiger partial charge in [0.25, 0.3) is 0 Å². The quantitative estimate of drug-likeness (QED) is 0.860. The van der Waals surface area contributed by atoms with Crippen LogP contribution in [0.4, 0.5) is 11.4 Å². The molecule has 0 aromatic heterocycles. The van der Waals surface area contributed by atoms with Crippen molar-refractivity contribution < 1.29 is 4.79 Å². The van der Waals surface area contributed by atoms with E-state index >= 15 is 0 Å². The molecule has 0 saturated heterocycles. The largest absolute Gasteiger partial charge is 0.382 e. The van der Waals surface area contributed by atoms with E-state index in [-0.39, 0.29) is 5.91 Å². The Bertz CT molecular complexity index is 441. The van der Waals surface area contributed by atoms with Gasteiger partial charge in [-0.3, -0.25) is 4.79 Å². The molecule has 0 bridgehead atoms. The molecule has 1 aromatic rings. The fourth-order valence-electron chi connectivity index (χ4n) is 2.90. The number of hydrogen-bond acceptors (Lipinski definition) is 2. The Morgan fingerprint density at radius 3 is 2.45 bits per heavy atom. The van der Waals surface area contributed by atoms with Crippen molar-refractivity contribution in [3.05, 3.63) is 24.3 Å². The molecule has 0 spiro atoms. The number of amides is 1. The van der Waals surface area contributed by atoms with Crippen LogP contribution in [0.3, 0.4) is 0 Å². The third kappa shape index (κ3) is 3.75. The number of anilines is 2. The van der Waals surface area contributed by atoms with Gasteiger partial charge in [-0.25, -0.2) is 0 Å². The summed E-state index contributed by atoms with van der Waals surface area (Å²) in [6.07, 6.45) is 4.42. The summed E-state index contributed by atoms with van der Waals surface area (Å²) >= 11 is 0. The molecular weight excluding hydrogens is 248 g/mol. The molecule has 3 nitrogen and oxygen atoms in total. The van der Waals surface area contributed by atoms with Crippen LogP contribution in [0.25, 0.3) is 0 Å². The van der Waals surface area contributed by atoms with Crippen molar-refractivity contribution in [2.45, 2.75) is 52.5 Å². The first-order valence-electron chi connectivity index (χ1n) is 7.76. The van der Waals surface area contributed by atoms with Gasteiger partial charge in [-0.2, -0.15) is 0 Å². The Kier molecular flexibility index (Phi) is 5.05. The van der Waals surface area contributed by atoms with Crippen LogP contribution in [0, 0.1) is 11.8 Å². The number of nitrogens with one attached hydrogen (secondary N) is 2. The van der Waals surface area contributed by atoms with Crippen molar-refractivity contribution in [3.63, 3.8) is 0 Å². The van der Waals surface area contributed by atoms with Crippen molar-refractivity contribution in [1.82, 2.24) is 0 Å². The zero-order valence-electron chi connectivity index (χ0n) is 12.8. The molecule has 1 aromatic carbocycles. The van der Waals surface area contributed by atoms with Gasteiger partial charge in [0.15, 0.2) is 0 Å². The van der Waals surface area contributed by atoms with Crippen LogP contribution in [0.5, 0.6) is 0 Å². The maximum absolute atomic E-state index is 11.3. The van der Waals surface area contributed by atoms with Gasteiger partial charge in [0, 0.05) is 23.8 Å². The smallest absolute Gasteiger partial charge is 0.224 e. The molecule has 1 aliphatic carbocycles. The average molecular weight is 274 g/mol. The van der Waals surface area contributed by atoms with Crippen LogP contribution in [0.1, 0.15) is 46.5 Å². The molecule has 1 fully saturated rings. The highest BCUT2D eigenvalue weighted by molar-refractivity contribution is 5.90. The van der Waals surface area contributed by atoms with Crippen molar-refractivity contribution >= 4 is 17.3 Å². The molecule has 0 heterocycles. The summed E-state index contributed by atoms with van der Waals surface area (Å²) in [5, 5.41) is 6.51. The van der Waals surface area contributed by atoms with Crippen LogP contribution in [-0.4, -0.2) is 11.9 Å². The third-order valence-corrected chi connectivity index (χ3v) is 4.55. The predicted molar refractivity (Wildman–Crippen MR) is 85.0 cm³/mol. The molecule has 20 heavy (non-hydrogen) atoms. The molecule has 1 saturated carbocycles. The van der Waals surface area contributed by atoms with Gasteiger partial charge in [0.1, 0.15) is 0 Å². The highest BCUT2D eigenvalue weighted by Crippen LogP contribution is 2.31. The lowest BCUT2D eigenvalue weighted by molar-refractivity contribution is -0.115. The van der Waals surface area contributed by atoms with Gasteiger partial charge in [-0.15, -0.1) is 0 Å². The predicted octanol–water partition coefficient (Wildman–Crippen LogP) is 4.27. The van der Waals surface area contributed by atoms with E-state index in [1.807, 2.05) is 19.1 Å². The maximum atomic E-state index is 11.3. The Morgan fingerprint density at radius 1 is 1.15 bits per heavy atom. The van der Waals surface area contributed by atoms with Crippen LogP contribution >= 0.6 is 0 Å². The lowest BCUT2D eigenvalue weighted by Crippen LogP contribution is -2.34. The third-order valence-electron chi connectivity index (χ3n) is 4.55. The summed E-state index contributed by atoms with van der Waals surface area (Å²) in [4.78, 5) is 11.3. The van der Waals surface area contributed by atoms with Crippen molar-refractivity contribution in [2.75, 3.05) is 10.6 Å². The zero-order valence-corrected chi connectivity index (χ0v) is 12.8. The zero-order chi connectivity index (χ0) is 14.5. The summed E-state index contributed by atoms with van der Waals surface area (Å²) in [7, 11) is 0. The highest BCUT2D eigenvalue weighted by atomic mass is 16.1. The first kappa shape index (κ1) is 14.9. The monoisotopic (exact) mass is 274 g/mol. The second-order valence-electron chi connectivity index (χ2n) is 6.00. The van der Waals surface area contributed by atoms with Crippen molar-refractivity contribution in [2.24, 2.45) is 11.8 Å². The molecule has 1 amide bonds. The highest BCUT2D eigenvalue weighted by Gasteiger charge is 2.26. The second kappa shape index (κ2) is 6.78. The van der Waals surface area contributed by atoms with E-state index in [4.69, 9.17) is 0 Å². The Morgan fingerprint density at radius 2 is 1.80 bits per heavy atom. The maximum Gasteiger partial charge on any atom is 0.224 e. The molecule has 2 N–H and O–H groups in total. The molecule has 3 heteroatoms. The number of carbonyl (C=O) groups excluding carboxylic acids is 1. The van der Waals surface area contributed by atoms with Crippen molar-refractivity contribution in [3.8, 4) is 0 Å². The lowest BCUT2D eigenvalue weighted by atomic mass is 9.78. The topological polar surface area (TPSA) is 41.1 Å². The van der Waals surface area contributed by atoms with E-state index in [1.165, 1.54) is 19.3 Å². The summed E-state index contributed by atoms with van der Waals surface area (Å²) in [6, 6.07) is 8.60. The van der Waals surface area contributed by atoms with Gasteiger partial charge in [-0.05, 0) is 42.5 Å². The lowest BCUT2D eigenvalue weighted by Gasteiger charge is -2.35. The second-order valence-corrected chi connectivity index (χ2v) is 6.00. The summed E-state index contributed by atoms with van der Waals surface area (Å²) < 4.78 is 0. The Balaban J connectivity index is 1.94. The molecule has 3 unspecified atom stereocenters. The molecule has 2 rings (SSSR count). The molecule has 0 aliphatic heterocycles. The van der Waals surface area contributed by atoms with Crippen LogP contribution in [0.15, 0.2) is 24.3 Å². The number of hydrogen-bond donors (Lipinski definition) is 2. The van der Waals surface area contributed by atoms with E-state index in [0.29, 0.717) is 18.4 Å². The van der Waals surface area contributed by atoms with E-state index < -0.39 is 0 Å². The SMILES string of the molecule is CCC(=O)Nc1ccc(NC2CCCC(C)C2C)cc1. The normalized spacial score (nSPS) is 26.1. The number of rotatable bonds is 4. The Labute approximate surface area is 122 Å². The molecular formula is C17H26N2O. The van der Waals surface area contributed by atoms with Crippen LogP contribution in [-0.2, 0) is 4.79 Å². The van der Waals surface area contributed by atoms with Gasteiger partial charge in [0.05, 0.1) is 0 Å².